The van der Waals surface area contributed by atoms with Crippen molar-refractivity contribution in [3.8, 4) is 0 Å². The van der Waals surface area contributed by atoms with E-state index in [2.05, 4.69) is 17.6 Å². The van der Waals surface area contributed by atoms with Crippen LogP contribution in [0.15, 0.2) is 0 Å². The first kappa shape index (κ1) is 11.8. The van der Waals surface area contributed by atoms with Gasteiger partial charge in [0.15, 0.2) is 0 Å². The average Bonchev–Trinajstić information content (AvgIpc) is 2.03. The summed E-state index contributed by atoms with van der Waals surface area (Å²) in [6.45, 7) is 7.53. The van der Waals surface area contributed by atoms with E-state index < -0.39 is 0 Å². The van der Waals surface area contributed by atoms with Crippen LogP contribution in [-0.4, -0.2) is 38.3 Å². The molecule has 2 unspecified atom stereocenters. The van der Waals surface area contributed by atoms with E-state index in [0.29, 0.717) is 12.6 Å². The van der Waals surface area contributed by atoms with Crippen LogP contribution in [0.3, 0.4) is 0 Å². The quantitative estimate of drug-likeness (QED) is 0.368. The fraction of sp³-hybridized carbons (Fsp3) is 1.00. The van der Waals surface area contributed by atoms with Crippen molar-refractivity contribution in [1.29, 1.82) is 0 Å². The molecule has 4 heteroatoms. The van der Waals surface area contributed by atoms with Gasteiger partial charge >= 0.3 is 0 Å². The van der Waals surface area contributed by atoms with Crippen LogP contribution in [0, 0.1) is 0 Å². The van der Waals surface area contributed by atoms with E-state index in [1.807, 2.05) is 6.92 Å². The van der Waals surface area contributed by atoms with Crippen LogP contribution in [0.25, 0.3) is 0 Å². The predicted octanol–water partition coefficient (Wildman–Crippen LogP) is -1.14. The molecule has 0 heterocycles. The highest BCUT2D eigenvalue weighted by Gasteiger charge is 1.96. The van der Waals surface area contributed by atoms with Crippen molar-refractivity contribution in [2.45, 2.75) is 25.9 Å². The Kier molecular flexibility index (Phi) is 7.39. The second-order valence-electron chi connectivity index (χ2n) is 3.27. The maximum absolute atomic E-state index is 5.56. The van der Waals surface area contributed by atoms with Crippen molar-refractivity contribution >= 4 is 0 Å². The smallest absolute Gasteiger partial charge is 0.0162 e. The molecule has 0 saturated heterocycles. The van der Waals surface area contributed by atoms with Crippen molar-refractivity contribution in [2.75, 3.05) is 26.2 Å². The molecule has 0 radical (unpaired) electrons. The monoisotopic (exact) mass is 174 g/mol. The van der Waals surface area contributed by atoms with E-state index in [1.165, 1.54) is 0 Å². The highest BCUT2D eigenvalue weighted by atomic mass is 15.0. The zero-order valence-corrected chi connectivity index (χ0v) is 8.14. The second kappa shape index (κ2) is 7.49. The second-order valence-corrected chi connectivity index (χ2v) is 3.27. The van der Waals surface area contributed by atoms with Crippen molar-refractivity contribution in [2.24, 2.45) is 11.5 Å². The van der Waals surface area contributed by atoms with Gasteiger partial charge in [0.2, 0.25) is 0 Å². The summed E-state index contributed by atoms with van der Waals surface area (Å²) in [4.78, 5) is 0. The lowest BCUT2D eigenvalue weighted by Gasteiger charge is -2.12. The SMILES string of the molecule is CC(N)CNCCNC(C)CN. The topological polar surface area (TPSA) is 76.1 Å². The van der Waals surface area contributed by atoms with Crippen LogP contribution in [-0.2, 0) is 0 Å². The normalized spacial score (nSPS) is 16.0. The molecule has 0 rings (SSSR count). The summed E-state index contributed by atoms with van der Waals surface area (Å²) >= 11 is 0. The van der Waals surface area contributed by atoms with Gasteiger partial charge in [0, 0.05) is 38.3 Å². The number of nitrogens with two attached hydrogens (primary N) is 2. The predicted molar refractivity (Wildman–Crippen MR) is 53.0 cm³/mol. The van der Waals surface area contributed by atoms with Crippen LogP contribution in [0.1, 0.15) is 13.8 Å². The fourth-order valence-electron chi connectivity index (χ4n) is 0.820. The lowest BCUT2D eigenvalue weighted by Crippen LogP contribution is -2.40. The molecule has 6 N–H and O–H groups in total. The molecule has 0 aromatic carbocycles. The number of hydrogen-bond acceptors (Lipinski definition) is 4. The minimum Gasteiger partial charge on any atom is -0.329 e. The van der Waals surface area contributed by atoms with Gasteiger partial charge in [-0.3, -0.25) is 0 Å². The van der Waals surface area contributed by atoms with Crippen molar-refractivity contribution < 1.29 is 0 Å². The molecule has 2 atom stereocenters. The average molecular weight is 174 g/mol. The summed E-state index contributed by atoms with van der Waals surface area (Å²) < 4.78 is 0. The Hall–Kier alpha value is -0.160. The Morgan fingerprint density at radius 2 is 1.92 bits per heavy atom. The summed E-state index contributed by atoms with van der Waals surface area (Å²) in [5.74, 6) is 0. The van der Waals surface area contributed by atoms with E-state index in [4.69, 9.17) is 11.5 Å². The molecule has 0 aliphatic rings. The molecule has 0 spiro atoms. The van der Waals surface area contributed by atoms with E-state index >= 15 is 0 Å². The summed E-state index contributed by atoms with van der Waals surface area (Å²) in [5, 5.41) is 6.51. The van der Waals surface area contributed by atoms with Crippen LogP contribution in [0.2, 0.25) is 0 Å². The number of rotatable bonds is 7. The van der Waals surface area contributed by atoms with Crippen LogP contribution < -0.4 is 22.1 Å². The molecule has 0 aliphatic carbocycles. The summed E-state index contributed by atoms with van der Waals surface area (Å²) in [6, 6.07) is 0.638. The van der Waals surface area contributed by atoms with Crippen LogP contribution in [0.5, 0.6) is 0 Å². The fourth-order valence-corrected chi connectivity index (χ4v) is 0.820. The summed E-state index contributed by atoms with van der Waals surface area (Å²) in [6.07, 6.45) is 0. The third kappa shape index (κ3) is 7.94. The van der Waals surface area contributed by atoms with E-state index in [-0.39, 0.29) is 6.04 Å². The van der Waals surface area contributed by atoms with Gasteiger partial charge in [-0.1, -0.05) is 0 Å². The van der Waals surface area contributed by atoms with Crippen molar-refractivity contribution in [3.63, 3.8) is 0 Å². The van der Waals surface area contributed by atoms with E-state index in [1.54, 1.807) is 0 Å². The van der Waals surface area contributed by atoms with Crippen molar-refractivity contribution in [1.82, 2.24) is 10.6 Å². The number of nitrogens with one attached hydrogen (secondary N) is 2. The lowest BCUT2D eigenvalue weighted by molar-refractivity contribution is 0.523. The van der Waals surface area contributed by atoms with Gasteiger partial charge in [-0.25, -0.2) is 0 Å². The molecule has 74 valence electrons. The highest BCUT2D eigenvalue weighted by molar-refractivity contribution is 4.63. The Bertz CT molecular complexity index is 95.1. The maximum atomic E-state index is 5.56. The molecular weight excluding hydrogens is 152 g/mol. The first-order valence-corrected chi connectivity index (χ1v) is 4.56. The van der Waals surface area contributed by atoms with E-state index in [0.717, 1.165) is 19.6 Å². The van der Waals surface area contributed by atoms with Gasteiger partial charge < -0.3 is 22.1 Å². The minimum absolute atomic E-state index is 0.233. The van der Waals surface area contributed by atoms with Gasteiger partial charge in [-0.15, -0.1) is 0 Å². The van der Waals surface area contributed by atoms with Crippen LogP contribution >= 0.6 is 0 Å². The standard InChI is InChI=1S/C8H22N4/c1-7(10)6-11-3-4-12-8(2)5-9/h7-8,11-12H,3-6,9-10H2,1-2H3. The van der Waals surface area contributed by atoms with Crippen molar-refractivity contribution in [3.05, 3.63) is 0 Å². The first-order chi connectivity index (χ1) is 5.66. The molecule has 0 saturated carbocycles. The number of hydrogen-bond donors (Lipinski definition) is 4. The minimum atomic E-state index is 0.233. The van der Waals surface area contributed by atoms with Gasteiger partial charge in [0.05, 0.1) is 0 Å². The maximum Gasteiger partial charge on any atom is 0.0162 e. The molecule has 12 heavy (non-hydrogen) atoms. The molecule has 0 aromatic rings. The largest absolute Gasteiger partial charge is 0.329 e. The Morgan fingerprint density at radius 3 is 2.42 bits per heavy atom. The Balaban J connectivity index is 3.00. The summed E-state index contributed by atoms with van der Waals surface area (Å²) in [7, 11) is 0. The first-order valence-electron chi connectivity index (χ1n) is 4.56. The third-order valence-corrected chi connectivity index (χ3v) is 1.61. The Morgan fingerprint density at radius 1 is 1.25 bits per heavy atom. The molecule has 0 aliphatic heterocycles. The molecular formula is C8H22N4. The van der Waals surface area contributed by atoms with Crippen LogP contribution in [0.4, 0.5) is 0 Å². The molecule has 0 bridgehead atoms. The van der Waals surface area contributed by atoms with Gasteiger partial charge in [-0.05, 0) is 13.8 Å². The van der Waals surface area contributed by atoms with Gasteiger partial charge in [0.1, 0.15) is 0 Å². The van der Waals surface area contributed by atoms with Gasteiger partial charge in [-0.2, -0.15) is 0 Å². The lowest BCUT2D eigenvalue weighted by atomic mass is 10.3. The Labute approximate surface area is 75.1 Å². The molecule has 0 aromatic heterocycles. The highest BCUT2D eigenvalue weighted by Crippen LogP contribution is 1.74. The van der Waals surface area contributed by atoms with E-state index in [9.17, 15) is 0 Å². The summed E-state index contributed by atoms with van der Waals surface area (Å²) in [5.41, 5.74) is 11.0. The third-order valence-electron chi connectivity index (χ3n) is 1.61. The van der Waals surface area contributed by atoms with Gasteiger partial charge in [0.25, 0.3) is 0 Å². The molecule has 0 amide bonds. The zero-order chi connectivity index (χ0) is 9.40. The molecule has 4 nitrogen and oxygen atoms in total. The zero-order valence-electron chi connectivity index (χ0n) is 8.14. The molecule has 0 fully saturated rings.